The number of benzene rings is 2. The first-order valence-electron chi connectivity index (χ1n) is 6.67. The van der Waals surface area contributed by atoms with Gasteiger partial charge in [0, 0.05) is 0 Å². The predicted octanol–water partition coefficient (Wildman–Crippen LogP) is 4.67. The maximum atomic E-state index is 13.5. The van der Waals surface area contributed by atoms with Gasteiger partial charge in [0.05, 0.1) is 22.3 Å². The van der Waals surface area contributed by atoms with Crippen LogP contribution >= 0.6 is 27.5 Å². The van der Waals surface area contributed by atoms with Crippen LogP contribution in [0.1, 0.15) is 12.8 Å². The van der Waals surface area contributed by atoms with Gasteiger partial charge in [0.25, 0.3) is 0 Å². The van der Waals surface area contributed by atoms with E-state index in [0.717, 1.165) is 18.2 Å². The molecule has 2 aromatic rings. The van der Waals surface area contributed by atoms with Gasteiger partial charge in [0.2, 0.25) is 0 Å². The van der Waals surface area contributed by atoms with Crippen LogP contribution in [0.15, 0.2) is 40.9 Å². The van der Waals surface area contributed by atoms with Crippen molar-refractivity contribution >= 4 is 39.5 Å². The summed E-state index contributed by atoms with van der Waals surface area (Å²) in [7, 11) is 0. The van der Waals surface area contributed by atoms with E-state index in [9.17, 15) is 18.4 Å². The number of hydrogen-bond donors (Lipinski definition) is 0. The van der Waals surface area contributed by atoms with E-state index in [1.54, 1.807) is 0 Å². The van der Waals surface area contributed by atoms with Crippen molar-refractivity contribution in [3.63, 3.8) is 0 Å². The molecule has 4 nitrogen and oxygen atoms in total. The largest absolute Gasteiger partial charge is 0.425 e. The number of esters is 2. The minimum Gasteiger partial charge on any atom is -0.425 e. The number of halogens is 4. The van der Waals surface area contributed by atoms with Crippen LogP contribution in [0.25, 0.3) is 0 Å². The van der Waals surface area contributed by atoms with Crippen molar-refractivity contribution in [2.45, 2.75) is 12.8 Å². The first-order valence-corrected chi connectivity index (χ1v) is 7.84. The Bertz CT molecular complexity index is 762. The maximum absolute atomic E-state index is 13.5. The van der Waals surface area contributed by atoms with Gasteiger partial charge in [0.1, 0.15) is 11.6 Å². The van der Waals surface area contributed by atoms with Crippen LogP contribution in [0.4, 0.5) is 8.78 Å². The molecule has 2 rings (SSSR count). The van der Waals surface area contributed by atoms with Crippen molar-refractivity contribution in [2.24, 2.45) is 0 Å². The topological polar surface area (TPSA) is 52.6 Å². The standard InChI is InChI=1S/C16H10BrClF2O4/c17-10-8-9(19)4-5-13(10)23-14(21)6-7-15(22)24-16-11(18)2-1-3-12(16)20/h1-5,8H,6-7H2. The second-order valence-electron chi connectivity index (χ2n) is 4.57. The Labute approximate surface area is 149 Å². The van der Waals surface area contributed by atoms with Gasteiger partial charge in [-0.3, -0.25) is 9.59 Å². The summed E-state index contributed by atoms with van der Waals surface area (Å²) in [5.41, 5.74) is 0. The molecule has 0 radical (unpaired) electrons. The number of para-hydroxylation sites is 1. The summed E-state index contributed by atoms with van der Waals surface area (Å²) >= 11 is 8.78. The smallest absolute Gasteiger partial charge is 0.311 e. The second-order valence-corrected chi connectivity index (χ2v) is 5.84. The number of hydrogen-bond acceptors (Lipinski definition) is 4. The van der Waals surface area contributed by atoms with Gasteiger partial charge in [-0.2, -0.15) is 0 Å². The zero-order chi connectivity index (χ0) is 17.7. The summed E-state index contributed by atoms with van der Waals surface area (Å²) < 4.78 is 36.5. The van der Waals surface area contributed by atoms with Gasteiger partial charge in [-0.05, 0) is 46.3 Å². The lowest BCUT2D eigenvalue weighted by Gasteiger charge is -2.08. The molecule has 0 saturated heterocycles. The predicted molar refractivity (Wildman–Crippen MR) is 86.0 cm³/mol. The lowest BCUT2D eigenvalue weighted by Crippen LogP contribution is -2.15. The fraction of sp³-hybridized carbons (Fsp3) is 0.125. The minimum absolute atomic E-state index is 0.0545. The molecular weight excluding hydrogens is 410 g/mol. The fourth-order valence-electron chi connectivity index (χ4n) is 1.68. The molecule has 0 amide bonds. The molecule has 0 aliphatic carbocycles. The quantitative estimate of drug-likeness (QED) is 0.522. The van der Waals surface area contributed by atoms with Crippen LogP contribution in [0, 0.1) is 11.6 Å². The van der Waals surface area contributed by atoms with Gasteiger partial charge < -0.3 is 9.47 Å². The highest BCUT2D eigenvalue weighted by Crippen LogP contribution is 2.28. The van der Waals surface area contributed by atoms with Crippen molar-refractivity contribution in [1.82, 2.24) is 0 Å². The normalized spacial score (nSPS) is 10.3. The number of carbonyl (C=O) groups excluding carboxylic acids is 2. The van der Waals surface area contributed by atoms with Gasteiger partial charge in [-0.15, -0.1) is 0 Å². The van der Waals surface area contributed by atoms with Crippen molar-refractivity contribution in [3.05, 3.63) is 57.5 Å². The van der Waals surface area contributed by atoms with Gasteiger partial charge >= 0.3 is 11.9 Å². The van der Waals surface area contributed by atoms with Crippen LogP contribution < -0.4 is 9.47 Å². The Kier molecular flexibility index (Phi) is 6.28. The zero-order valence-corrected chi connectivity index (χ0v) is 14.4. The van der Waals surface area contributed by atoms with E-state index in [-0.39, 0.29) is 33.8 Å². The summed E-state index contributed by atoms with van der Waals surface area (Å²) in [5.74, 6) is -3.11. The molecule has 0 unspecified atom stereocenters. The SMILES string of the molecule is O=C(CCC(=O)Oc1c(F)cccc1Cl)Oc1ccc(F)cc1Br. The Morgan fingerprint density at radius 1 is 1.04 bits per heavy atom. The van der Waals surface area contributed by atoms with E-state index in [1.807, 2.05) is 0 Å². The molecule has 0 heterocycles. The zero-order valence-electron chi connectivity index (χ0n) is 12.0. The monoisotopic (exact) mass is 418 g/mol. The molecule has 0 atom stereocenters. The number of carbonyl (C=O) groups is 2. The lowest BCUT2D eigenvalue weighted by atomic mass is 10.3. The molecule has 0 aromatic heterocycles. The highest BCUT2D eigenvalue weighted by Gasteiger charge is 2.16. The summed E-state index contributed by atoms with van der Waals surface area (Å²) in [6.07, 6.45) is -0.628. The second kappa shape index (κ2) is 8.21. The highest BCUT2D eigenvalue weighted by atomic mass is 79.9. The first-order chi connectivity index (χ1) is 11.4. The minimum atomic E-state index is -0.836. The Morgan fingerprint density at radius 2 is 1.71 bits per heavy atom. The third kappa shape index (κ3) is 5.01. The summed E-state index contributed by atoms with van der Waals surface area (Å²) in [6.45, 7) is 0. The summed E-state index contributed by atoms with van der Waals surface area (Å²) in [5, 5.41) is -0.0545. The first kappa shape index (κ1) is 18.4. The van der Waals surface area contributed by atoms with Gasteiger partial charge in [-0.25, -0.2) is 8.78 Å². The molecule has 8 heteroatoms. The molecule has 0 N–H and O–H groups in total. The van der Waals surface area contributed by atoms with Crippen molar-refractivity contribution < 1.29 is 27.8 Å². The van der Waals surface area contributed by atoms with Gasteiger partial charge in [0.15, 0.2) is 11.6 Å². The molecule has 0 fully saturated rings. The van der Waals surface area contributed by atoms with Crippen molar-refractivity contribution in [1.29, 1.82) is 0 Å². The van der Waals surface area contributed by atoms with Crippen LogP contribution in [0.5, 0.6) is 11.5 Å². The summed E-state index contributed by atoms with van der Waals surface area (Å²) in [6, 6.07) is 7.36. The van der Waals surface area contributed by atoms with E-state index in [1.165, 1.54) is 18.2 Å². The van der Waals surface area contributed by atoms with Crippen LogP contribution in [0.2, 0.25) is 5.02 Å². The molecular formula is C16H10BrClF2O4. The van der Waals surface area contributed by atoms with Crippen LogP contribution in [0.3, 0.4) is 0 Å². The number of rotatable bonds is 5. The molecule has 24 heavy (non-hydrogen) atoms. The van der Waals surface area contributed by atoms with E-state index >= 15 is 0 Å². The maximum Gasteiger partial charge on any atom is 0.311 e. The van der Waals surface area contributed by atoms with E-state index in [4.69, 9.17) is 21.1 Å². The van der Waals surface area contributed by atoms with E-state index in [0.29, 0.717) is 0 Å². The Morgan fingerprint density at radius 3 is 2.33 bits per heavy atom. The van der Waals surface area contributed by atoms with Crippen LogP contribution in [-0.4, -0.2) is 11.9 Å². The molecule has 2 aromatic carbocycles. The Hall–Kier alpha value is -1.99. The van der Waals surface area contributed by atoms with E-state index in [2.05, 4.69) is 15.9 Å². The van der Waals surface area contributed by atoms with Crippen LogP contribution in [-0.2, 0) is 9.59 Å². The van der Waals surface area contributed by atoms with Crippen molar-refractivity contribution in [2.75, 3.05) is 0 Å². The third-order valence-electron chi connectivity index (χ3n) is 2.79. The Balaban J connectivity index is 1.88. The summed E-state index contributed by atoms with van der Waals surface area (Å²) in [4.78, 5) is 23.4. The molecule has 0 aliphatic heterocycles. The molecule has 0 spiro atoms. The number of ether oxygens (including phenoxy) is 2. The molecule has 0 saturated carbocycles. The molecule has 0 bridgehead atoms. The average Bonchev–Trinajstić information content (AvgIpc) is 2.52. The molecule has 126 valence electrons. The fourth-order valence-corrected chi connectivity index (χ4v) is 2.31. The highest BCUT2D eigenvalue weighted by molar-refractivity contribution is 9.10. The molecule has 0 aliphatic rings. The third-order valence-corrected chi connectivity index (χ3v) is 3.70. The van der Waals surface area contributed by atoms with Gasteiger partial charge in [-0.1, -0.05) is 17.7 Å². The van der Waals surface area contributed by atoms with E-state index < -0.39 is 23.6 Å². The average molecular weight is 420 g/mol. The lowest BCUT2D eigenvalue weighted by molar-refractivity contribution is -0.140. The van der Waals surface area contributed by atoms with Crippen molar-refractivity contribution in [3.8, 4) is 11.5 Å².